The molecule has 0 aromatic heterocycles. The molecule has 4 aliphatic carbocycles. The summed E-state index contributed by atoms with van der Waals surface area (Å²) in [5.74, 6) is 5.84. The monoisotopic (exact) mass is 370 g/mol. The molecule has 0 aromatic rings. The SMILES string of the molecule is CC(C)CCC[C@H](C)[C@H]1CC[C@H]2[C@@H]3CC=C4CCCC[C@]4(C)[C@H]3CC[C@]12C. The van der Waals surface area contributed by atoms with Crippen LogP contribution in [0.15, 0.2) is 11.6 Å². The molecule has 7 atom stereocenters. The molecule has 0 nitrogen and oxygen atoms in total. The lowest BCUT2D eigenvalue weighted by atomic mass is 9.47. The van der Waals surface area contributed by atoms with Gasteiger partial charge in [-0.25, -0.2) is 0 Å². The van der Waals surface area contributed by atoms with Crippen molar-refractivity contribution in [1.82, 2.24) is 0 Å². The molecule has 4 rings (SSSR count). The molecule has 0 radical (unpaired) electrons. The molecule has 27 heavy (non-hydrogen) atoms. The molecule has 0 bridgehead atoms. The summed E-state index contributed by atoms with van der Waals surface area (Å²) in [6, 6.07) is 0. The van der Waals surface area contributed by atoms with Gasteiger partial charge in [-0.2, -0.15) is 0 Å². The van der Waals surface area contributed by atoms with Gasteiger partial charge in [-0.3, -0.25) is 0 Å². The Morgan fingerprint density at radius 1 is 0.963 bits per heavy atom. The summed E-state index contributed by atoms with van der Waals surface area (Å²) in [6.45, 7) is 12.8. The second-order valence-corrected chi connectivity index (χ2v) is 12.0. The number of fused-ring (bicyclic) bond motifs is 5. The fraction of sp³-hybridized carbons (Fsp3) is 0.926. The number of rotatable bonds is 5. The molecule has 0 spiro atoms. The Kier molecular flexibility index (Phi) is 5.59. The van der Waals surface area contributed by atoms with Crippen LogP contribution in [-0.4, -0.2) is 0 Å². The van der Waals surface area contributed by atoms with Crippen molar-refractivity contribution in [3.63, 3.8) is 0 Å². The smallest absolute Gasteiger partial charge is 0.00853 e. The van der Waals surface area contributed by atoms with Crippen LogP contribution in [0.3, 0.4) is 0 Å². The molecule has 3 fully saturated rings. The molecule has 3 saturated carbocycles. The predicted molar refractivity (Wildman–Crippen MR) is 118 cm³/mol. The van der Waals surface area contributed by atoms with E-state index in [1.165, 1.54) is 77.0 Å². The van der Waals surface area contributed by atoms with E-state index in [-0.39, 0.29) is 0 Å². The van der Waals surface area contributed by atoms with E-state index >= 15 is 0 Å². The molecule has 0 N–H and O–H groups in total. The van der Waals surface area contributed by atoms with Crippen molar-refractivity contribution >= 4 is 0 Å². The summed E-state index contributed by atoms with van der Waals surface area (Å²) in [6.07, 6.45) is 20.5. The molecule has 0 amide bonds. The molecular weight excluding hydrogens is 324 g/mol. The van der Waals surface area contributed by atoms with Crippen molar-refractivity contribution in [1.29, 1.82) is 0 Å². The first-order valence-corrected chi connectivity index (χ1v) is 12.6. The number of hydrogen-bond donors (Lipinski definition) is 0. The van der Waals surface area contributed by atoms with Gasteiger partial charge in [0.25, 0.3) is 0 Å². The Bertz CT molecular complexity index is 556. The molecule has 0 heterocycles. The van der Waals surface area contributed by atoms with Crippen LogP contribution in [0, 0.1) is 46.3 Å². The average Bonchev–Trinajstić information content (AvgIpc) is 2.98. The van der Waals surface area contributed by atoms with Crippen LogP contribution in [0.5, 0.6) is 0 Å². The quantitative estimate of drug-likeness (QED) is 0.426. The lowest BCUT2D eigenvalue weighted by Gasteiger charge is -2.58. The second-order valence-electron chi connectivity index (χ2n) is 12.0. The summed E-state index contributed by atoms with van der Waals surface area (Å²) in [7, 11) is 0. The van der Waals surface area contributed by atoms with Crippen molar-refractivity contribution in [2.45, 2.75) is 112 Å². The molecule has 0 aliphatic heterocycles. The van der Waals surface area contributed by atoms with Gasteiger partial charge in [0.05, 0.1) is 0 Å². The highest BCUT2D eigenvalue weighted by atomic mass is 14.6. The maximum absolute atomic E-state index is 2.74. The highest BCUT2D eigenvalue weighted by Gasteiger charge is 2.58. The van der Waals surface area contributed by atoms with Crippen molar-refractivity contribution < 1.29 is 0 Å². The number of allylic oxidation sites excluding steroid dienone is 2. The van der Waals surface area contributed by atoms with Crippen LogP contribution in [-0.2, 0) is 0 Å². The molecule has 0 unspecified atom stereocenters. The highest BCUT2D eigenvalue weighted by Crippen LogP contribution is 2.67. The third kappa shape index (κ3) is 3.36. The first-order valence-electron chi connectivity index (χ1n) is 12.6. The van der Waals surface area contributed by atoms with Crippen LogP contribution in [0.2, 0.25) is 0 Å². The van der Waals surface area contributed by atoms with Gasteiger partial charge in [-0.15, -0.1) is 0 Å². The zero-order chi connectivity index (χ0) is 19.2. The van der Waals surface area contributed by atoms with Crippen LogP contribution in [0.1, 0.15) is 112 Å². The lowest BCUT2D eigenvalue weighted by molar-refractivity contribution is -0.0500. The van der Waals surface area contributed by atoms with E-state index in [1.807, 2.05) is 5.57 Å². The first kappa shape index (κ1) is 20.0. The Balaban J connectivity index is 1.49. The van der Waals surface area contributed by atoms with Gasteiger partial charge in [0.15, 0.2) is 0 Å². The van der Waals surface area contributed by atoms with E-state index in [2.05, 4.69) is 40.7 Å². The van der Waals surface area contributed by atoms with Crippen molar-refractivity contribution in [3.05, 3.63) is 11.6 Å². The zero-order valence-electron chi connectivity index (χ0n) is 19.0. The molecule has 0 heteroatoms. The molecule has 154 valence electrons. The summed E-state index contributed by atoms with van der Waals surface area (Å²) < 4.78 is 0. The molecule has 0 saturated heterocycles. The van der Waals surface area contributed by atoms with Gasteiger partial charge in [-0.1, -0.05) is 72.0 Å². The van der Waals surface area contributed by atoms with E-state index < -0.39 is 0 Å². The summed E-state index contributed by atoms with van der Waals surface area (Å²) in [5.41, 5.74) is 3.09. The van der Waals surface area contributed by atoms with E-state index in [0.717, 1.165) is 35.5 Å². The van der Waals surface area contributed by atoms with Crippen LogP contribution >= 0.6 is 0 Å². The third-order valence-electron chi connectivity index (χ3n) is 10.2. The fourth-order valence-electron chi connectivity index (χ4n) is 8.72. The normalized spacial score (nSPS) is 45.0. The van der Waals surface area contributed by atoms with E-state index in [0.29, 0.717) is 10.8 Å². The Morgan fingerprint density at radius 2 is 1.78 bits per heavy atom. The van der Waals surface area contributed by atoms with Crippen molar-refractivity contribution in [2.75, 3.05) is 0 Å². The minimum absolute atomic E-state index is 0.573. The maximum atomic E-state index is 2.74. The van der Waals surface area contributed by atoms with Gasteiger partial charge in [0, 0.05) is 0 Å². The zero-order valence-corrected chi connectivity index (χ0v) is 19.0. The topological polar surface area (TPSA) is 0 Å². The van der Waals surface area contributed by atoms with Crippen LogP contribution < -0.4 is 0 Å². The van der Waals surface area contributed by atoms with Crippen molar-refractivity contribution in [2.24, 2.45) is 46.3 Å². The maximum Gasteiger partial charge on any atom is -0.00853 e. The van der Waals surface area contributed by atoms with E-state index in [9.17, 15) is 0 Å². The summed E-state index contributed by atoms with van der Waals surface area (Å²) >= 11 is 0. The average molecular weight is 371 g/mol. The molecule has 4 aliphatic rings. The van der Waals surface area contributed by atoms with Gasteiger partial charge in [0.1, 0.15) is 0 Å². The minimum Gasteiger partial charge on any atom is -0.0845 e. The Morgan fingerprint density at radius 3 is 2.56 bits per heavy atom. The van der Waals surface area contributed by atoms with E-state index in [4.69, 9.17) is 0 Å². The fourth-order valence-corrected chi connectivity index (χ4v) is 8.72. The summed E-state index contributed by atoms with van der Waals surface area (Å²) in [5, 5.41) is 0. The second kappa shape index (κ2) is 7.53. The minimum atomic E-state index is 0.573. The highest BCUT2D eigenvalue weighted by molar-refractivity contribution is 5.24. The summed E-state index contributed by atoms with van der Waals surface area (Å²) in [4.78, 5) is 0. The van der Waals surface area contributed by atoms with Crippen LogP contribution in [0.25, 0.3) is 0 Å². The van der Waals surface area contributed by atoms with Crippen LogP contribution in [0.4, 0.5) is 0 Å². The van der Waals surface area contributed by atoms with Gasteiger partial charge in [0.2, 0.25) is 0 Å². The van der Waals surface area contributed by atoms with Gasteiger partial charge < -0.3 is 0 Å². The number of hydrogen-bond acceptors (Lipinski definition) is 0. The third-order valence-corrected chi connectivity index (χ3v) is 10.2. The Labute approximate surface area is 170 Å². The Hall–Kier alpha value is -0.260. The lowest BCUT2D eigenvalue weighted by Crippen LogP contribution is -2.50. The van der Waals surface area contributed by atoms with Crippen molar-refractivity contribution in [3.8, 4) is 0 Å². The van der Waals surface area contributed by atoms with E-state index in [1.54, 1.807) is 0 Å². The van der Waals surface area contributed by atoms with Gasteiger partial charge in [-0.05, 0) is 97.7 Å². The largest absolute Gasteiger partial charge is 0.0845 e. The van der Waals surface area contributed by atoms with Gasteiger partial charge >= 0.3 is 0 Å². The first-order chi connectivity index (χ1) is 12.9. The standard InChI is InChI=1S/C27H46/c1-19(2)9-8-10-20(3)23-14-15-24-22-13-12-21-11-6-7-17-26(21,4)25(22)16-18-27(23,24)5/h12,19-20,22-25H,6-11,13-18H2,1-5H3/t20-,22-,23+,24-,25-,26-,27+/m0/s1. The molecule has 0 aromatic carbocycles. The predicted octanol–water partition coefficient (Wildman–Crippen LogP) is 8.42. The molecular formula is C27H46.